The van der Waals surface area contributed by atoms with E-state index in [0.29, 0.717) is 69.1 Å². The van der Waals surface area contributed by atoms with Gasteiger partial charge in [0.2, 0.25) is 5.91 Å². The molecule has 2 aliphatic heterocycles. The van der Waals surface area contributed by atoms with Crippen LogP contribution in [0.4, 0.5) is 14.5 Å². The number of likely N-dealkylation sites (tertiary alicyclic amines) is 1. The Bertz CT molecular complexity index is 2060. The van der Waals surface area contributed by atoms with E-state index in [2.05, 4.69) is 29.5 Å². The number of methoxy groups -OCH3 is 1. The van der Waals surface area contributed by atoms with Crippen LogP contribution in [0.15, 0.2) is 42.7 Å². The molecule has 2 saturated heterocycles. The number of carbonyl (C=O) groups excluding carboxylic acids is 3. The summed E-state index contributed by atoms with van der Waals surface area (Å²) in [5, 5.41) is 18.2. The number of nitrogens with zero attached hydrogens (tertiary/aromatic N) is 7. The summed E-state index contributed by atoms with van der Waals surface area (Å²) < 4.78 is 39.9. The van der Waals surface area contributed by atoms with Crippen LogP contribution in [0.25, 0.3) is 22.4 Å². The van der Waals surface area contributed by atoms with Crippen LogP contribution < -0.4 is 5.32 Å². The highest BCUT2D eigenvalue weighted by Gasteiger charge is 2.40. The van der Waals surface area contributed by atoms with E-state index in [9.17, 15) is 19.5 Å². The molecular formula is C38H46ClF2N8O5+. The molecule has 2 aliphatic rings. The van der Waals surface area contributed by atoms with Crippen molar-refractivity contribution >= 4 is 35.0 Å². The van der Waals surface area contributed by atoms with Crippen molar-refractivity contribution in [2.24, 2.45) is 7.05 Å². The van der Waals surface area contributed by atoms with Crippen molar-refractivity contribution in [3.05, 3.63) is 76.5 Å². The number of anilines is 1. The normalized spacial score (nSPS) is 16.8. The summed E-state index contributed by atoms with van der Waals surface area (Å²) in [5.41, 5.74) is 0.702. The van der Waals surface area contributed by atoms with Gasteiger partial charge < -0.3 is 34.0 Å². The zero-order chi connectivity index (χ0) is 38.9. The lowest BCUT2D eigenvalue weighted by atomic mass is 9.87. The van der Waals surface area contributed by atoms with Crippen molar-refractivity contribution in [1.82, 2.24) is 29.1 Å². The highest BCUT2D eigenvalue weighted by molar-refractivity contribution is 6.34. The fourth-order valence-electron chi connectivity index (χ4n) is 7.02. The number of nitrogens with one attached hydrogen (secondary N) is 1. The molecule has 4 aromatic rings. The Morgan fingerprint density at radius 3 is 2.31 bits per heavy atom. The third-order valence-corrected chi connectivity index (χ3v) is 10.8. The van der Waals surface area contributed by atoms with Crippen LogP contribution in [0.2, 0.25) is 5.02 Å². The molecule has 54 heavy (non-hydrogen) atoms. The minimum Gasteiger partial charge on any atom is -0.389 e. The van der Waals surface area contributed by atoms with Crippen LogP contribution in [-0.2, 0) is 23.1 Å². The lowest BCUT2D eigenvalue weighted by molar-refractivity contribution is -0.897. The van der Waals surface area contributed by atoms with Gasteiger partial charge in [-0.2, -0.15) is 5.10 Å². The van der Waals surface area contributed by atoms with Gasteiger partial charge in [-0.05, 0) is 31.2 Å². The number of benzene rings is 2. The summed E-state index contributed by atoms with van der Waals surface area (Å²) >= 11 is 6.53. The number of ether oxygens (including phenoxy) is 1. The molecule has 0 atom stereocenters. The van der Waals surface area contributed by atoms with E-state index in [4.69, 9.17) is 16.3 Å². The van der Waals surface area contributed by atoms with Crippen molar-refractivity contribution in [3.63, 3.8) is 0 Å². The first-order chi connectivity index (χ1) is 25.6. The van der Waals surface area contributed by atoms with Crippen LogP contribution in [0, 0.1) is 18.6 Å². The predicted octanol–water partition coefficient (Wildman–Crippen LogP) is 4.37. The quantitative estimate of drug-likeness (QED) is 0.229. The predicted molar refractivity (Wildman–Crippen MR) is 199 cm³/mol. The lowest BCUT2D eigenvalue weighted by Crippen LogP contribution is -2.55. The smallest absolute Gasteiger partial charge is 0.291 e. The fourth-order valence-corrected chi connectivity index (χ4v) is 7.28. The van der Waals surface area contributed by atoms with E-state index in [1.54, 1.807) is 40.8 Å². The van der Waals surface area contributed by atoms with Gasteiger partial charge in [-0.3, -0.25) is 19.1 Å². The van der Waals surface area contributed by atoms with E-state index in [-0.39, 0.29) is 51.5 Å². The zero-order valence-electron chi connectivity index (χ0n) is 31.2. The third kappa shape index (κ3) is 8.19. The average Bonchev–Trinajstić information content (AvgIpc) is 3.71. The maximum absolute atomic E-state index is 15.5. The van der Waals surface area contributed by atoms with Gasteiger partial charge in [0.15, 0.2) is 17.5 Å². The molecule has 3 amide bonds. The Balaban J connectivity index is 1.07. The number of hydrogen-bond donors (Lipinski definition) is 2. The molecule has 0 radical (unpaired) electrons. The SMILES string of the molecule is COCCn1cc(-c2ccc(-c3cnc(C(=O)Nc4ccc(C(=O)N5CCN(C(=O)CC6(O)CC[N+](C)(C)CC6)CC5)c(Cl)c4)n3C)c(F)c2F)c(C)n1. The molecule has 0 unspecified atom stereocenters. The summed E-state index contributed by atoms with van der Waals surface area (Å²) in [6.45, 7) is 5.54. The van der Waals surface area contributed by atoms with Crippen molar-refractivity contribution < 1.29 is 37.5 Å². The first kappa shape index (κ1) is 39.0. The van der Waals surface area contributed by atoms with Gasteiger partial charge >= 0.3 is 0 Å². The summed E-state index contributed by atoms with van der Waals surface area (Å²) in [7, 11) is 7.32. The Labute approximate surface area is 317 Å². The third-order valence-electron chi connectivity index (χ3n) is 10.5. The highest BCUT2D eigenvalue weighted by atomic mass is 35.5. The topological polar surface area (TPSA) is 135 Å². The summed E-state index contributed by atoms with van der Waals surface area (Å²) in [6.07, 6.45) is 4.15. The zero-order valence-corrected chi connectivity index (χ0v) is 31.9. The molecule has 4 heterocycles. The average molecular weight is 768 g/mol. The van der Waals surface area contributed by atoms with Crippen LogP contribution in [0.5, 0.6) is 0 Å². The van der Waals surface area contributed by atoms with Crippen molar-refractivity contribution in [2.75, 3.05) is 72.4 Å². The largest absolute Gasteiger partial charge is 0.389 e. The number of aliphatic hydroxyl groups is 1. The van der Waals surface area contributed by atoms with Gasteiger partial charge in [0, 0.05) is 81.8 Å². The van der Waals surface area contributed by atoms with Crippen LogP contribution in [0.3, 0.4) is 0 Å². The number of quaternary nitrogens is 1. The molecule has 2 aromatic heterocycles. The van der Waals surface area contributed by atoms with Crippen molar-refractivity contribution in [1.29, 1.82) is 0 Å². The Hall–Kier alpha value is -4.70. The number of piperidine rings is 1. The molecule has 0 spiro atoms. The number of aryl methyl sites for hydroxylation is 1. The van der Waals surface area contributed by atoms with Gasteiger partial charge in [-0.1, -0.05) is 17.7 Å². The number of piperazine rings is 1. The molecule has 2 fully saturated rings. The second-order valence-electron chi connectivity index (χ2n) is 14.8. The van der Waals surface area contributed by atoms with Gasteiger partial charge in [0.1, 0.15) is 0 Å². The molecule has 2 N–H and O–H groups in total. The second-order valence-corrected chi connectivity index (χ2v) is 15.2. The number of hydrogen-bond acceptors (Lipinski definition) is 7. The van der Waals surface area contributed by atoms with E-state index < -0.39 is 23.1 Å². The van der Waals surface area contributed by atoms with E-state index in [1.165, 1.54) is 42.1 Å². The molecule has 6 rings (SSSR count). The van der Waals surface area contributed by atoms with Crippen molar-refractivity contribution in [2.45, 2.75) is 38.3 Å². The van der Waals surface area contributed by atoms with E-state index in [0.717, 1.165) is 17.6 Å². The Morgan fingerprint density at radius 2 is 1.65 bits per heavy atom. The summed E-state index contributed by atoms with van der Waals surface area (Å²) in [6, 6.07) is 7.42. The van der Waals surface area contributed by atoms with Gasteiger partial charge in [0.05, 0.1) is 80.5 Å². The Morgan fingerprint density at radius 1 is 1.00 bits per heavy atom. The monoisotopic (exact) mass is 767 g/mol. The van der Waals surface area contributed by atoms with Crippen LogP contribution in [0.1, 0.15) is 45.9 Å². The highest BCUT2D eigenvalue weighted by Crippen LogP contribution is 2.33. The lowest BCUT2D eigenvalue weighted by Gasteiger charge is -2.42. The summed E-state index contributed by atoms with van der Waals surface area (Å²) in [5.74, 6) is -3.25. The molecule has 0 saturated carbocycles. The summed E-state index contributed by atoms with van der Waals surface area (Å²) in [4.78, 5) is 47.2. The Kier molecular flexibility index (Phi) is 11.2. The maximum Gasteiger partial charge on any atom is 0.291 e. The van der Waals surface area contributed by atoms with E-state index >= 15 is 8.78 Å². The number of imidazole rings is 1. The van der Waals surface area contributed by atoms with Gasteiger partial charge in [-0.15, -0.1) is 0 Å². The number of halogens is 3. The molecule has 288 valence electrons. The number of aromatic nitrogens is 4. The first-order valence-corrected chi connectivity index (χ1v) is 18.2. The van der Waals surface area contributed by atoms with Crippen LogP contribution in [-0.4, -0.2) is 129 Å². The molecule has 0 aliphatic carbocycles. The number of amides is 3. The van der Waals surface area contributed by atoms with Gasteiger partial charge in [0.25, 0.3) is 11.8 Å². The molecule has 16 heteroatoms. The second kappa shape index (κ2) is 15.6. The molecular weight excluding hydrogens is 722 g/mol. The fraction of sp³-hybridized carbons (Fsp3) is 0.447. The minimum atomic E-state index is -1.09. The number of carbonyl (C=O) groups is 3. The van der Waals surface area contributed by atoms with E-state index in [1.807, 2.05) is 0 Å². The number of rotatable bonds is 10. The van der Waals surface area contributed by atoms with Gasteiger partial charge in [-0.25, -0.2) is 13.8 Å². The standard InChI is InChI=1S/C38H45ClF2N8O5/c1-24-29(23-48(44-24)16-19-54-5)26-8-9-28(34(41)33(26)40)31-22-42-35(45(31)2)36(51)43-25-6-7-27(30(39)20-25)37(52)47-14-12-46(13-15-47)32(50)21-38(53)10-17-49(3,4)18-11-38/h6-9,20,22-23,53H,10-19,21H2,1-5H3/p+1. The molecule has 13 nitrogen and oxygen atoms in total. The minimum absolute atomic E-state index is 0.0583. The molecule has 2 aromatic carbocycles. The maximum atomic E-state index is 15.5. The van der Waals surface area contributed by atoms with Crippen LogP contribution >= 0.6 is 11.6 Å². The van der Waals surface area contributed by atoms with Crippen molar-refractivity contribution in [3.8, 4) is 22.4 Å². The first-order valence-electron chi connectivity index (χ1n) is 17.9. The molecule has 0 bridgehead atoms.